The van der Waals surface area contributed by atoms with Crippen molar-refractivity contribution in [2.24, 2.45) is 0 Å². The van der Waals surface area contributed by atoms with Gasteiger partial charge in [0.05, 0.1) is 0 Å². The maximum absolute atomic E-state index is 12.0. The molecular formula is C15H14N2O3. The lowest BCUT2D eigenvalue weighted by atomic mass is 10.1. The number of amides is 1. The fourth-order valence-corrected chi connectivity index (χ4v) is 1.81. The zero-order valence-corrected chi connectivity index (χ0v) is 10.9. The monoisotopic (exact) mass is 270 g/mol. The van der Waals surface area contributed by atoms with Gasteiger partial charge in [-0.1, -0.05) is 36.4 Å². The Morgan fingerprint density at radius 2 is 1.80 bits per heavy atom. The van der Waals surface area contributed by atoms with Crippen LogP contribution in [0.15, 0.2) is 48.5 Å². The Hall–Kier alpha value is -2.69. The number of pyridine rings is 1. The molecule has 1 atom stereocenters. The number of carboxylic acid groups (broad SMARTS) is 1. The Morgan fingerprint density at radius 3 is 2.40 bits per heavy atom. The van der Waals surface area contributed by atoms with E-state index in [1.54, 1.807) is 55.5 Å². The van der Waals surface area contributed by atoms with Crippen molar-refractivity contribution in [2.75, 3.05) is 0 Å². The SMILES string of the molecule is Cc1cccc(C(=O)N[C@@H](C(=O)O)c2ccccc2)n1. The summed E-state index contributed by atoms with van der Waals surface area (Å²) < 4.78 is 0. The zero-order chi connectivity index (χ0) is 14.5. The van der Waals surface area contributed by atoms with Crippen LogP contribution in [0, 0.1) is 6.92 Å². The van der Waals surface area contributed by atoms with E-state index >= 15 is 0 Å². The van der Waals surface area contributed by atoms with Crippen molar-refractivity contribution in [1.29, 1.82) is 0 Å². The van der Waals surface area contributed by atoms with Crippen molar-refractivity contribution < 1.29 is 14.7 Å². The third kappa shape index (κ3) is 3.20. The first kappa shape index (κ1) is 13.7. The molecule has 0 aliphatic heterocycles. The topological polar surface area (TPSA) is 79.3 Å². The molecule has 1 heterocycles. The summed E-state index contributed by atoms with van der Waals surface area (Å²) in [5.74, 6) is -1.62. The molecule has 0 unspecified atom stereocenters. The fraction of sp³-hybridized carbons (Fsp3) is 0.133. The largest absolute Gasteiger partial charge is 0.479 e. The Bertz CT molecular complexity index is 626. The van der Waals surface area contributed by atoms with Crippen molar-refractivity contribution in [3.63, 3.8) is 0 Å². The number of aryl methyl sites for hydroxylation is 1. The molecule has 1 amide bonds. The molecule has 0 spiro atoms. The van der Waals surface area contributed by atoms with Gasteiger partial charge in [-0.25, -0.2) is 9.78 Å². The van der Waals surface area contributed by atoms with E-state index in [0.29, 0.717) is 11.3 Å². The molecule has 0 aliphatic rings. The summed E-state index contributed by atoms with van der Waals surface area (Å²) >= 11 is 0. The lowest BCUT2D eigenvalue weighted by molar-refractivity contribution is -0.139. The molecule has 5 heteroatoms. The maximum atomic E-state index is 12.0. The van der Waals surface area contributed by atoms with E-state index in [4.69, 9.17) is 0 Å². The van der Waals surface area contributed by atoms with Crippen molar-refractivity contribution in [3.05, 3.63) is 65.5 Å². The molecule has 102 valence electrons. The van der Waals surface area contributed by atoms with Crippen molar-refractivity contribution >= 4 is 11.9 Å². The predicted molar refractivity (Wildman–Crippen MR) is 73.3 cm³/mol. The molecule has 0 bridgehead atoms. The molecule has 20 heavy (non-hydrogen) atoms. The number of aliphatic carboxylic acids is 1. The van der Waals surface area contributed by atoms with Crippen LogP contribution in [-0.4, -0.2) is 22.0 Å². The number of rotatable bonds is 4. The number of carbonyl (C=O) groups is 2. The highest BCUT2D eigenvalue weighted by atomic mass is 16.4. The van der Waals surface area contributed by atoms with Crippen molar-refractivity contribution in [1.82, 2.24) is 10.3 Å². The summed E-state index contributed by atoms with van der Waals surface area (Å²) in [5.41, 5.74) is 1.41. The molecule has 1 aromatic heterocycles. The van der Waals surface area contributed by atoms with Gasteiger partial charge in [-0.05, 0) is 24.6 Å². The van der Waals surface area contributed by atoms with Crippen LogP contribution >= 0.6 is 0 Å². The van der Waals surface area contributed by atoms with Crippen LogP contribution in [-0.2, 0) is 4.79 Å². The van der Waals surface area contributed by atoms with Gasteiger partial charge in [0.1, 0.15) is 5.69 Å². The Labute approximate surface area is 116 Å². The van der Waals surface area contributed by atoms with Gasteiger partial charge < -0.3 is 10.4 Å². The van der Waals surface area contributed by atoms with E-state index in [1.165, 1.54) is 0 Å². The third-order valence-corrected chi connectivity index (χ3v) is 2.78. The van der Waals surface area contributed by atoms with E-state index in [9.17, 15) is 14.7 Å². The van der Waals surface area contributed by atoms with E-state index in [2.05, 4.69) is 10.3 Å². The molecule has 0 fully saturated rings. The number of carboxylic acids is 1. The summed E-state index contributed by atoms with van der Waals surface area (Å²) in [6, 6.07) is 12.5. The van der Waals surface area contributed by atoms with Crippen LogP contribution in [0.5, 0.6) is 0 Å². The zero-order valence-electron chi connectivity index (χ0n) is 10.9. The molecule has 2 aromatic rings. The van der Waals surface area contributed by atoms with Gasteiger partial charge >= 0.3 is 5.97 Å². The lowest BCUT2D eigenvalue weighted by Crippen LogP contribution is -2.34. The first-order valence-electron chi connectivity index (χ1n) is 6.10. The van der Waals surface area contributed by atoms with Crippen LogP contribution in [0.3, 0.4) is 0 Å². The highest BCUT2D eigenvalue weighted by Gasteiger charge is 2.22. The van der Waals surface area contributed by atoms with Crippen LogP contribution in [0.1, 0.15) is 27.8 Å². The fourth-order valence-electron chi connectivity index (χ4n) is 1.81. The van der Waals surface area contributed by atoms with Crippen molar-refractivity contribution in [3.8, 4) is 0 Å². The van der Waals surface area contributed by atoms with Crippen LogP contribution in [0.2, 0.25) is 0 Å². The summed E-state index contributed by atoms with van der Waals surface area (Å²) in [4.78, 5) is 27.4. The molecule has 5 nitrogen and oxygen atoms in total. The summed E-state index contributed by atoms with van der Waals surface area (Å²) in [6.45, 7) is 1.77. The first-order valence-corrected chi connectivity index (χ1v) is 6.10. The number of nitrogens with one attached hydrogen (secondary N) is 1. The summed E-state index contributed by atoms with van der Waals surface area (Å²) in [7, 11) is 0. The standard InChI is InChI=1S/C15H14N2O3/c1-10-6-5-9-12(16-10)14(18)17-13(15(19)20)11-7-3-2-4-8-11/h2-9,13H,1H3,(H,17,18)(H,19,20)/t13-/m1/s1. The molecule has 0 saturated heterocycles. The Balaban J connectivity index is 2.21. The van der Waals surface area contributed by atoms with Crippen LogP contribution in [0.25, 0.3) is 0 Å². The van der Waals surface area contributed by atoms with Gasteiger partial charge in [-0.2, -0.15) is 0 Å². The van der Waals surface area contributed by atoms with Gasteiger partial charge in [0.2, 0.25) is 0 Å². The van der Waals surface area contributed by atoms with Gasteiger partial charge in [0.15, 0.2) is 6.04 Å². The average Bonchev–Trinajstić information content (AvgIpc) is 2.45. The quantitative estimate of drug-likeness (QED) is 0.890. The second-order valence-electron chi connectivity index (χ2n) is 4.32. The normalized spacial score (nSPS) is 11.7. The minimum atomic E-state index is -1.11. The van der Waals surface area contributed by atoms with Crippen LogP contribution in [0.4, 0.5) is 0 Å². The molecule has 2 N–H and O–H groups in total. The molecule has 2 rings (SSSR count). The highest BCUT2D eigenvalue weighted by molar-refractivity contribution is 5.95. The van der Waals surface area contributed by atoms with Gasteiger partial charge in [0, 0.05) is 5.69 Å². The molecule has 0 saturated carbocycles. The number of nitrogens with zero attached hydrogens (tertiary/aromatic N) is 1. The van der Waals surface area contributed by atoms with Crippen molar-refractivity contribution in [2.45, 2.75) is 13.0 Å². The third-order valence-electron chi connectivity index (χ3n) is 2.78. The number of hydrogen-bond donors (Lipinski definition) is 2. The Kier molecular flexibility index (Phi) is 4.10. The summed E-state index contributed by atoms with van der Waals surface area (Å²) in [5, 5.41) is 11.7. The van der Waals surface area contributed by atoms with Gasteiger partial charge in [-0.15, -0.1) is 0 Å². The number of benzene rings is 1. The minimum Gasteiger partial charge on any atom is -0.479 e. The maximum Gasteiger partial charge on any atom is 0.330 e. The summed E-state index contributed by atoms with van der Waals surface area (Å²) in [6.07, 6.45) is 0. The number of aromatic nitrogens is 1. The predicted octanol–water partition coefficient (Wildman–Crippen LogP) is 1.95. The van der Waals surface area contributed by atoms with Gasteiger partial charge in [-0.3, -0.25) is 4.79 Å². The molecule has 1 aromatic carbocycles. The molecule has 0 radical (unpaired) electrons. The Morgan fingerprint density at radius 1 is 1.10 bits per heavy atom. The van der Waals surface area contributed by atoms with E-state index in [0.717, 1.165) is 0 Å². The van der Waals surface area contributed by atoms with E-state index in [1.807, 2.05) is 0 Å². The van der Waals surface area contributed by atoms with E-state index in [-0.39, 0.29) is 5.69 Å². The highest BCUT2D eigenvalue weighted by Crippen LogP contribution is 2.13. The first-order chi connectivity index (χ1) is 9.58. The average molecular weight is 270 g/mol. The number of hydrogen-bond acceptors (Lipinski definition) is 3. The van der Waals surface area contributed by atoms with E-state index < -0.39 is 17.9 Å². The lowest BCUT2D eigenvalue weighted by Gasteiger charge is -2.14. The molecular weight excluding hydrogens is 256 g/mol. The van der Waals surface area contributed by atoms with Gasteiger partial charge in [0.25, 0.3) is 5.91 Å². The smallest absolute Gasteiger partial charge is 0.330 e. The number of carbonyl (C=O) groups excluding carboxylic acids is 1. The van der Waals surface area contributed by atoms with Crippen LogP contribution < -0.4 is 5.32 Å². The minimum absolute atomic E-state index is 0.201. The second-order valence-corrected chi connectivity index (χ2v) is 4.32. The second kappa shape index (κ2) is 5.97. The molecule has 0 aliphatic carbocycles.